The quantitative estimate of drug-likeness (QED) is 0.414. The molecule has 2 heterocycles. The fourth-order valence-corrected chi connectivity index (χ4v) is 9.07. The van der Waals surface area contributed by atoms with Crippen molar-refractivity contribution in [1.82, 2.24) is 9.88 Å². The summed E-state index contributed by atoms with van der Waals surface area (Å²) in [5.41, 5.74) is 3.47. The number of nitrogens with zero attached hydrogens (tertiary/aromatic N) is 2. The molecular weight excluding hydrogens is 545 g/mol. The second-order valence-electron chi connectivity index (χ2n) is 13.7. The molecule has 220 valence electrons. The van der Waals surface area contributed by atoms with Gasteiger partial charge in [0.2, 0.25) is 10.0 Å². The normalized spacial score (nSPS) is 28.9. The van der Waals surface area contributed by atoms with Gasteiger partial charge < -0.3 is 14.2 Å². The molecule has 6 fully saturated rings. The Morgan fingerprint density at radius 1 is 1.07 bits per heavy atom. The molecule has 1 amide bonds. The highest BCUT2D eigenvalue weighted by molar-refractivity contribution is 7.91. The number of sulfonamides is 1. The number of carbonyl (C=O) groups excluding carboxylic acids is 1. The first-order chi connectivity index (χ1) is 19.8. The third-order valence-corrected chi connectivity index (χ3v) is 12.6. The number of anilines is 1. The van der Waals surface area contributed by atoms with Gasteiger partial charge in [0.15, 0.2) is 0 Å². The van der Waals surface area contributed by atoms with Gasteiger partial charge in [0.1, 0.15) is 11.6 Å². The van der Waals surface area contributed by atoms with Gasteiger partial charge in [0.05, 0.1) is 29.3 Å². The smallest absolute Gasteiger partial charge is 0.264 e. The van der Waals surface area contributed by atoms with Crippen molar-refractivity contribution in [2.75, 3.05) is 11.4 Å². The van der Waals surface area contributed by atoms with Crippen molar-refractivity contribution >= 4 is 21.6 Å². The Balaban J connectivity index is 0.911. The SMILES string of the molecule is O=C(NS(=O)(=O)C1CC1)c1ccc(N2C[C@@H]3C[C@H]2C[C@H]3OCc2c(C3CCC4(CC3)CC4)noc2C2CC2)c(F)c1. The molecule has 10 heteroatoms. The summed E-state index contributed by atoms with van der Waals surface area (Å²) < 4.78 is 54.0. The van der Waals surface area contributed by atoms with E-state index in [1.165, 1.54) is 63.0 Å². The lowest BCUT2D eigenvalue weighted by Crippen LogP contribution is -2.39. The molecule has 1 aromatic heterocycles. The van der Waals surface area contributed by atoms with Crippen molar-refractivity contribution in [3.8, 4) is 0 Å². The van der Waals surface area contributed by atoms with Gasteiger partial charge >= 0.3 is 0 Å². The van der Waals surface area contributed by atoms with Crippen molar-refractivity contribution in [1.29, 1.82) is 0 Å². The summed E-state index contributed by atoms with van der Waals surface area (Å²) in [7, 11) is -3.68. The highest BCUT2D eigenvalue weighted by Crippen LogP contribution is 2.59. The van der Waals surface area contributed by atoms with Crippen molar-refractivity contribution in [2.45, 2.75) is 113 Å². The highest BCUT2D eigenvalue weighted by atomic mass is 32.2. The number of ether oxygens (including phenoxy) is 1. The van der Waals surface area contributed by atoms with Gasteiger partial charge in [-0.05, 0) is 101 Å². The number of amides is 1. The van der Waals surface area contributed by atoms with E-state index in [4.69, 9.17) is 9.26 Å². The monoisotopic (exact) mass is 583 g/mol. The molecule has 1 N–H and O–H groups in total. The number of aromatic nitrogens is 1. The predicted octanol–water partition coefficient (Wildman–Crippen LogP) is 5.53. The second kappa shape index (κ2) is 9.53. The summed E-state index contributed by atoms with van der Waals surface area (Å²) in [6, 6.07) is 4.44. The molecule has 1 saturated heterocycles. The van der Waals surface area contributed by atoms with E-state index < -0.39 is 27.0 Å². The van der Waals surface area contributed by atoms with Crippen LogP contribution in [0.15, 0.2) is 22.7 Å². The number of piperidine rings is 1. The number of nitrogens with one attached hydrogen (secondary N) is 1. The maximum absolute atomic E-state index is 15.2. The Bertz CT molecular complexity index is 1470. The van der Waals surface area contributed by atoms with Gasteiger partial charge in [-0.25, -0.2) is 17.5 Å². The zero-order chi connectivity index (χ0) is 27.9. The zero-order valence-corrected chi connectivity index (χ0v) is 24.1. The van der Waals surface area contributed by atoms with E-state index in [9.17, 15) is 13.2 Å². The third-order valence-electron chi connectivity index (χ3n) is 10.8. The first-order valence-corrected chi connectivity index (χ1v) is 17.1. The van der Waals surface area contributed by atoms with E-state index in [1.54, 1.807) is 6.07 Å². The molecule has 0 radical (unpaired) electrons. The molecule has 8 rings (SSSR count). The molecule has 2 bridgehead atoms. The maximum Gasteiger partial charge on any atom is 0.264 e. The second-order valence-corrected chi connectivity index (χ2v) is 15.6. The van der Waals surface area contributed by atoms with Crippen LogP contribution in [-0.2, 0) is 21.4 Å². The molecule has 41 heavy (non-hydrogen) atoms. The Labute approximate surface area is 240 Å². The van der Waals surface area contributed by atoms with Gasteiger partial charge in [-0.1, -0.05) is 5.16 Å². The van der Waals surface area contributed by atoms with Crippen LogP contribution in [-0.4, -0.2) is 43.4 Å². The number of hydrogen-bond acceptors (Lipinski definition) is 7. The largest absolute Gasteiger partial charge is 0.373 e. The lowest BCUT2D eigenvalue weighted by atomic mass is 9.77. The van der Waals surface area contributed by atoms with Gasteiger partial charge in [0, 0.05) is 41.5 Å². The Kier molecular flexibility index (Phi) is 6.08. The van der Waals surface area contributed by atoms with Crippen LogP contribution in [0.5, 0.6) is 0 Å². The number of halogens is 1. The Morgan fingerprint density at radius 2 is 1.85 bits per heavy atom. The fourth-order valence-electron chi connectivity index (χ4n) is 7.77. The summed E-state index contributed by atoms with van der Waals surface area (Å²) in [6.07, 6.45) is 13.2. The van der Waals surface area contributed by atoms with Crippen LogP contribution in [0.1, 0.15) is 116 Å². The average molecular weight is 584 g/mol. The van der Waals surface area contributed by atoms with E-state index in [2.05, 4.69) is 14.8 Å². The molecule has 5 saturated carbocycles. The van der Waals surface area contributed by atoms with Gasteiger partial charge in [-0.2, -0.15) is 0 Å². The summed E-state index contributed by atoms with van der Waals surface area (Å²) in [5.74, 6) is 1.04. The van der Waals surface area contributed by atoms with Crippen LogP contribution in [0.4, 0.5) is 10.1 Å². The van der Waals surface area contributed by atoms with E-state index in [-0.39, 0.29) is 17.7 Å². The Morgan fingerprint density at radius 3 is 2.49 bits per heavy atom. The lowest BCUT2D eigenvalue weighted by Gasteiger charge is -2.33. The predicted molar refractivity (Wildman–Crippen MR) is 150 cm³/mol. The summed E-state index contributed by atoms with van der Waals surface area (Å²) >= 11 is 0. The van der Waals surface area contributed by atoms with Crippen LogP contribution in [0.2, 0.25) is 0 Å². The van der Waals surface area contributed by atoms with Crippen molar-refractivity contribution in [2.24, 2.45) is 11.3 Å². The lowest BCUT2D eigenvalue weighted by molar-refractivity contribution is 0.0115. The van der Waals surface area contributed by atoms with Crippen LogP contribution >= 0.6 is 0 Å². The fraction of sp³-hybridized carbons (Fsp3) is 0.677. The minimum Gasteiger partial charge on any atom is -0.373 e. The molecule has 5 aliphatic carbocycles. The van der Waals surface area contributed by atoms with E-state index >= 15 is 4.39 Å². The number of fused-ring (bicyclic) bond motifs is 2. The van der Waals surface area contributed by atoms with Crippen LogP contribution in [0, 0.1) is 17.2 Å². The number of benzene rings is 1. The van der Waals surface area contributed by atoms with Crippen LogP contribution in [0.25, 0.3) is 0 Å². The standard InChI is InChI=1S/C31H38FN3O5S/c32-25-14-20(30(36)34-41(37,38)23-4-5-23)3-6-26(25)35-16-21-13-22(35)15-27(21)39-17-24-28(33-40-29(24)19-1-2-19)18-7-9-31(10-8-18)11-12-31/h3,6,14,18-19,21-23,27H,1-2,4-5,7-13,15-17H2,(H,34,36)/t21-,22-,27+/m0/s1. The molecular formula is C31H38FN3O5S. The van der Waals surface area contributed by atoms with E-state index in [0.717, 1.165) is 30.4 Å². The maximum atomic E-state index is 15.2. The van der Waals surface area contributed by atoms with Crippen molar-refractivity contribution in [3.63, 3.8) is 0 Å². The summed E-state index contributed by atoms with van der Waals surface area (Å²) in [5, 5.41) is 4.10. The molecule has 3 atom stereocenters. The minimum atomic E-state index is -3.68. The van der Waals surface area contributed by atoms with Gasteiger partial charge in [0.25, 0.3) is 5.91 Å². The molecule has 6 aliphatic rings. The molecule has 2 aromatic rings. The van der Waals surface area contributed by atoms with Gasteiger partial charge in [-0.3, -0.25) is 4.79 Å². The van der Waals surface area contributed by atoms with Crippen LogP contribution < -0.4 is 9.62 Å². The first-order valence-electron chi connectivity index (χ1n) is 15.5. The number of rotatable bonds is 9. The molecule has 1 spiro atoms. The van der Waals surface area contributed by atoms with Crippen LogP contribution in [0.3, 0.4) is 0 Å². The third kappa shape index (κ3) is 4.88. The van der Waals surface area contributed by atoms with E-state index in [1.807, 2.05) is 0 Å². The zero-order valence-electron chi connectivity index (χ0n) is 23.3. The minimum absolute atomic E-state index is 0.0160. The molecule has 8 nitrogen and oxygen atoms in total. The first kappa shape index (κ1) is 26.2. The Hall–Kier alpha value is -2.46. The number of carbonyl (C=O) groups is 1. The van der Waals surface area contributed by atoms with Crippen molar-refractivity contribution in [3.05, 3.63) is 46.6 Å². The van der Waals surface area contributed by atoms with E-state index in [0.29, 0.717) is 54.8 Å². The average Bonchev–Trinajstić information content (AvgIpc) is 3.91. The summed E-state index contributed by atoms with van der Waals surface area (Å²) in [6.45, 7) is 1.24. The summed E-state index contributed by atoms with van der Waals surface area (Å²) in [4.78, 5) is 14.5. The van der Waals surface area contributed by atoms with Gasteiger partial charge in [-0.15, -0.1) is 0 Å². The molecule has 1 aromatic carbocycles. The van der Waals surface area contributed by atoms with Crippen molar-refractivity contribution < 1.29 is 26.9 Å². The molecule has 1 aliphatic heterocycles. The number of hydrogen-bond donors (Lipinski definition) is 1. The topological polar surface area (TPSA) is 102 Å². The highest BCUT2D eigenvalue weighted by Gasteiger charge is 2.48. The molecule has 0 unspecified atom stereocenters.